The van der Waals surface area contributed by atoms with Gasteiger partial charge in [0.25, 0.3) is 0 Å². The van der Waals surface area contributed by atoms with Crippen LogP contribution in [0.2, 0.25) is 0 Å². The number of hydrogen-bond donors (Lipinski definition) is 2. The summed E-state index contributed by atoms with van der Waals surface area (Å²) in [5, 5.41) is 9.70. The van der Waals surface area contributed by atoms with Crippen molar-refractivity contribution in [2.45, 2.75) is 18.6 Å². The summed E-state index contributed by atoms with van der Waals surface area (Å²) in [5.41, 5.74) is 2.20. The zero-order valence-electron chi connectivity index (χ0n) is 12.3. The van der Waals surface area contributed by atoms with E-state index in [1.807, 2.05) is 30.3 Å². The number of carbonyl (C=O) groups is 1. The Balaban J connectivity index is 1.84. The van der Waals surface area contributed by atoms with Crippen LogP contribution >= 0.6 is 0 Å². The van der Waals surface area contributed by atoms with Gasteiger partial charge in [-0.2, -0.15) is 5.48 Å². The molecule has 120 valence electrons. The van der Waals surface area contributed by atoms with Crippen LogP contribution in [0.1, 0.15) is 17.5 Å². The number of aliphatic carboxylic acids is 1. The summed E-state index contributed by atoms with van der Waals surface area (Å²) in [7, 11) is 0. The number of hydrogen-bond acceptors (Lipinski definition) is 4. The van der Waals surface area contributed by atoms with Crippen molar-refractivity contribution < 1.29 is 23.9 Å². The lowest BCUT2D eigenvalue weighted by Crippen LogP contribution is -2.52. The maximum Gasteiger partial charge on any atom is 0.331 e. The summed E-state index contributed by atoms with van der Waals surface area (Å²) in [6.07, 6.45) is 0.133. The van der Waals surface area contributed by atoms with Gasteiger partial charge in [0.1, 0.15) is 11.6 Å². The molecule has 0 bridgehead atoms. The molecular formula is C17H16FNO4. The Morgan fingerprint density at radius 3 is 2.83 bits per heavy atom. The molecule has 2 aromatic carbocycles. The van der Waals surface area contributed by atoms with Crippen molar-refractivity contribution in [3.63, 3.8) is 0 Å². The Morgan fingerprint density at radius 1 is 1.30 bits per heavy atom. The van der Waals surface area contributed by atoms with Gasteiger partial charge in [0.2, 0.25) is 0 Å². The normalized spacial score (nSPS) is 19.7. The largest absolute Gasteiger partial charge is 0.493 e. The molecule has 0 spiro atoms. The fourth-order valence-corrected chi connectivity index (χ4v) is 2.60. The molecule has 6 heteroatoms. The van der Waals surface area contributed by atoms with Crippen molar-refractivity contribution >= 4 is 5.97 Å². The summed E-state index contributed by atoms with van der Waals surface area (Å²) in [6.45, 7) is 0.397. The summed E-state index contributed by atoms with van der Waals surface area (Å²) in [6, 6.07) is 13.2. The minimum atomic E-state index is -1.54. The molecular weight excluding hydrogens is 301 g/mol. The van der Waals surface area contributed by atoms with Crippen LogP contribution in [0.5, 0.6) is 5.75 Å². The predicted molar refractivity (Wildman–Crippen MR) is 80.2 cm³/mol. The first-order valence-corrected chi connectivity index (χ1v) is 7.21. The van der Waals surface area contributed by atoms with Gasteiger partial charge in [0, 0.05) is 12.0 Å². The summed E-state index contributed by atoms with van der Waals surface area (Å²) < 4.78 is 19.0. The van der Waals surface area contributed by atoms with Gasteiger partial charge in [-0.05, 0) is 23.8 Å². The molecule has 1 heterocycles. The van der Waals surface area contributed by atoms with E-state index in [-0.39, 0.29) is 25.2 Å². The van der Waals surface area contributed by atoms with Gasteiger partial charge in [-0.25, -0.2) is 9.18 Å². The zero-order valence-corrected chi connectivity index (χ0v) is 12.3. The third-order valence-corrected chi connectivity index (χ3v) is 3.83. The summed E-state index contributed by atoms with van der Waals surface area (Å²) in [5.74, 6) is -1.32. The second kappa shape index (κ2) is 6.36. The van der Waals surface area contributed by atoms with E-state index < -0.39 is 17.3 Å². The number of rotatable bonds is 5. The average Bonchev–Trinajstić information content (AvgIpc) is 2.56. The van der Waals surface area contributed by atoms with Gasteiger partial charge in [-0.3, -0.25) is 4.84 Å². The number of carboxylic acid groups (broad SMARTS) is 1. The van der Waals surface area contributed by atoms with Crippen molar-refractivity contribution in [2.24, 2.45) is 0 Å². The van der Waals surface area contributed by atoms with Crippen LogP contribution in [-0.2, 0) is 21.8 Å². The van der Waals surface area contributed by atoms with Crippen LogP contribution in [0.3, 0.4) is 0 Å². The van der Waals surface area contributed by atoms with E-state index in [1.165, 1.54) is 18.2 Å². The van der Waals surface area contributed by atoms with Crippen LogP contribution in [0.15, 0.2) is 48.5 Å². The number of carboxylic acids is 1. The predicted octanol–water partition coefficient (Wildman–Crippen LogP) is 2.61. The lowest BCUT2D eigenvalue weighted by molar-refractivity contribution is -0.157. The molecule has 1 atom stereocenters. The summed E-state index contributed by atoms with van der Waals surface area (Å²) in [4.78, 5) is 17.3. The molecule has 0 aliphatic carbocycles. The molecule has 23 heavy (non-hydrogen) atoms. The Labute approximate surface area is 132 Å². The quantitative estimate of drug-likeness (QED) is 0.830. The smallest absolute Gasteiger partial charge is 0.331 e. The Kier molecular flexibility index (Phi) is 4.27. The van der Waals surface area contributed by atoms with Crippen LogP contribution in [0.25, 0.3) is 0 Å². The molecule has 2 aromatic rings. The van der Waals surface area contributed by atoms with E-state index in [0.717, 1.165) is 5.56 Å². The highest BCUT2D eigenvalue weighted by Crippen LogP contribution is 2.37. The highest BCUT2D eigenvalue weighted by Gasteiger charge is 2.45. The maximum absolute atomic E-state index is 13.6. The minimum Gasteiger partial charge on any atom is -0.493 e. The lowest BCUT2D eigenvalue weighted by Gasteiger charge is -2.35. The molecule has 1 unspecified atom stereocenters. The number of benzene rings is 2. The van der Waals surface area contributed by atoms with Crippen molar-refractivity contribution in [1.29, 1.82) is 0 Å². The van der Waals surface area contributed by atoms with Crippen molar-refractivity contribution in [1.82, 2.24) is 5.48 Å². The van der Waals surface area contributed by atoms with Crippen LogP contribution < -0.4 is 10.2 Å². The second-order valence-corrected chi connectivity index (χ2v) is 5.33. The average molecular weight is 317 g/mol. The molecule has 0 radical (unpaired) electrons. The third-order valence-electron chi connectivity index (χ3n) is 3.83. The van der Waals surface area contributed by atoms with Crippen LogP contribution in [-0.4, -0.2) is 17.7 Å². The molecule has 0 saturated heterocycles. The SMILES string of the molecule is O=C(O)C1(NOCc2ccccc2)CCOc2ccc(F)cc21. The molecule has 5 nitrogen and oxygen atoms in total. The highest BCUT2D eigenvalue weighted by atomic mass is 19.1. The first kappa shape index (κ1) is 15.5. The van der Waals surface area contributed by atoms with Gasteiger partial charge < -0.3 is 9.84 Å². The maximum atomic E-state index is 13.6. The zero-order chi connectivity index (χ0) is 16.3. The molecule has 0 aromatic heterocycles. The number of halogens is 1. The Morgan fingerprint density at radius 2 is 2.09 bits per heavy atom. The fourth-order valence-electron chi connectivity index (χ4n) is 2.60. The Hall–Kier alpha value is -2.44. The van der Waals surface area contributed by atoms with E-state index >= 15 is 0 Å². The fraction of sp³-hybridized carbons (Fsp3) is 0.235. The molecule has 3 rings (SSSR count). The van der Waals surface area contributed by atoms with Crippen LogP contribution in [0.4, 0.5) is 4.39 Å². The molecule has 2 N–H and O–H groups in total. The van der Waals surface area contributed by atoms with Crippen molar-refractivity contribution in [2.75, 3.05) is 6.61 Å². The molecule has 0 fully saturated rings. The van der Waals surface area contributed by atoms with Gasteiger partial charge in [-0.1, -0.05) is 30.3 Å². The molecule has 1 aliphatic heterocycles. The van der Waals surface area contributed by atoms with E-state index in [9.17, 15) is 14.3 Å². The van der Waals surface area contributed by atoms with Gasteiger partial charge >= 0.3 is 5.97 Å². The first-order chi connectivity index (χ1) is 11.1. The Bertz CT molecular complexity index is 707. The number of hydroxylamine groups is 1. The van der Waals surface area contributed by atoms with Crippen molar-refractivity contribution in [3.05, 3.63) is 65.5 Å². The second-order valence-electron chi connectivity index (χ2n) is 5.33. The standard InChI is InChI=1S/C17H16FNO4/c18-13-6-7-15-14(10-13)17(16(20)21,8-9-22-15)19-23-11-12-4-2-1-3-5-12/h1-7,10,19H,8-9,11H2,(H,20,21). The molecule has 1 aliphatic rings. The monoisotopic (exact) mass is 317 g/mol. The lowest BCUT2D eigenvalue weighted by atomic mass is 9.85. The number of ether oxygens (including phenoxy) is 1. The van der Waals surface area contributed by atoms with E-state index in [1.54, 1.807) is 0 Å². The van der Waals surface area contributed by atoms with E-state index in [0.29, 0.717) is 5.75 Å². The molecule has 0 amide bonds. The van der Waals surface area contributed by atoms with Gasteiger partial charge in [-0.15, -0.1) is 0 Å². The number of fused-ring (bicyclic) bond motifs is 1. The van der Waals surface area contributed by atoms with Crippen molar-refractivity contribution in [3.8, 4) is 5.75 Å². The number of nitrogens with one attached hydrogen (secondary N) is 1. The van der Waals surface area contributed by atoms with Crippen LogP contribution in [0, 0.1) is 5.82 Å². The first-order valence-electron chi connectivity index (χ1n) is 7.21. The minimum absolute atomic E-state index is 0.133. The molecule has 0 saturated carbocycles. The van der Waals surface area contributed by atoms with Gasteiger partial charge in [0.15, 0.2) is 5.54 Å². The summed E-state index contributed by atoms with van der Waals surface area (Å²) >= 11 is 0. The van der Waals surface area contributed by atoms with E-state index in [4.69, 9.17) is 9.57 Å². The van der Waals surface area contributed by atoms with Gasteiger partial charge in [0.05, 0.1) is 13.2 Å². The van der Waals surface area contributed by atoms with E-state index in [2.05, 4.69) is 5.48 Å². The topological polar surface area (TPSA) is 67.8 Å². The highest BCUT2D eigenvalue weighted by molar-refractivity contribution is 5.82. The third kappa shape index (κ3) is 3.04.